The van der Waals surface area contributed by atoms with Gasteiger partial charge in [-0.2, -0.15) is 0 Å². The Morgan fingerprint density at radius 2 is 1.75 bits per heavy atom. The number of rotatable bonds is 5. The molecule has 0 bridgehead atoms. The minimum absolute atomic E-state index is 0.363. The molecule has 1 aliphatic heterocycles. The zero-order chi connectivity index (χ0) is 14.8. The molecule has 0 radical (unpaired) electrons. The number of hydrogen-bond acceptors (Lipinski definition) is 2. The van der Waals surface area contributed by atoms with Crippen molar-refractivity contribution in [3.63, 3.8) is 0 Å². The van der Waals surface area contributed by atoms with Gasteiger partial charge in [0.1, 0.15) is 0 Å². The van der Waals surface area contributed by atoms with E-state index in [1.54, 1.807) is 0 Å². The number of aryl methyl sites for hydroxylation is 2. The Hall–Kier alpha value is -0.860. The van der Waals surface area contributed by atoms with Crippen LogP contribution >= 0.6 is 0 Å². The third kappa shape index (κ3) is 3.42. The molecule has 0 saturated carbocycles. The van der Waals surface area contributed by atoms with Crippen LogP contribution in [0.2, 0.25) is 0 Å². The molecule has 0 amide bonds. The lowest BCUT2D eigenvalue weighted by Crippen LogP contribution is -2.30. The van der Waals surface area contributed by atoms with E-state index < -0.39 is 0 Å². The van der Waals surface area contributed by atoms with Gasteiger partial charge in [0, 0.05) is 13.1 Å². The Morgan fingerprint density at radius 3 is 2.25 bits per heavy atom. The molecule has 2 nitrogen and oxygen atoms in total. The molecule has 0 aliphatic carbocycles. The first kappa shape index (κ1) is 15.5. The van der Waals surface area contributed by atoms with Crippen molar-refractivity contribution in [1.29, 1.82) is 0 Å². The largest absolute Gasteiger partial charge is 0.387 e. The van der Waals surface area contributed by atoms with E-state index in [4.69, 9.17) is 0 Å². The van der Waals surface area contributed by atoms with Gasteiger partial charge in [0.15, 0.2) is 0 Å². The normalized spacial score (nSPS) is 20.2. The molecule has 1 atom stereocenters. The van der Waals surface area contributed by atoms with Crippen molar-refractivity contribution < 1.29 is 5.11 Å². The second-order valence-corrected chi connectivity index (χ2v) is 6.63. The topological polar surface area (TPSA) is 23.5 Å². The van der Waals surface area contributed by atoms with Gasteiger partial charge in [0.25, 0.3) is 0 Å². The fraction of sp³-hybridized carbons (Fsp3) is 0.667. The van der Waals surface area contributed by atoms with Crippen LogP contribution in [0.3, 0.4) is 0 Å². The molecule has 0 spiro atoms. The summed E-state index contributed by atoms with van der Waals surface area (Å²) in [5, 5.41) is 10.5. The maximum atomic E-state index is 10.5. The standard InChI is InChI=1S/C18H29NO/c1-5-18(6-2)7-8-19(13-18)12-17(20)16-10-14(3)9-15(4)11-16/h9-11,17,20H,5-8,12-13H2,1-4H3. The van der Waals surface area contributed by atoms with Gasteiger partial charge in [-0.15, -0.1) is 0 Å². The number of aliphatic hydroxyl groups is 1. The molecule has 1 unspecified atom stereocenters. The lowest BCUT2D eigenvalue weighted by atomic mass is 9.82. The van der Waals surface area contributed by atoms with Crippen molar-refractivity contribution in [1.82, 2.24) is 4.90 Å². The van der Waals surface area contributed by atoms with E-state index in [0.717, 1.165) is 25.2 Å². The average Bonchev–Trinajstić information content (AvgIpc) is 2.81. The molecule has 1 heterocycles. The first-order chi connectivity index (χ1) is 9.48. The van der Waals surface area contributed by atoms with Gasteiger partial charge in [-0.05, 0) is 50.6 Å². The second kappa shape index (κ2) is 6.28. The molecule has 2 rings (SSSR count). The van der Waals surface area contributed by atoms with Crippen molar-refractivity contribution in [2.75, 3.05) is 19.6 Å². The van der Waals surface area contributed by atoms with E-state index in [9.17, 15) is 5.11 Å². The van der Waals surface area contributed by atoms with Crippen molar-refractivity contribution in [2.45, 2.75) is 53.1 Å². The van der Waals surface area contributed by atoms with E-state index in [2.05, 4.69) is 50.8 Å². The van der Waals surface area contributed by atoms with Crippen LogP contribution in [0.5, 0.6) is 0 Å². The summed E-state index contributed by atoms with van der Waals surface area (Å²) >= 11 is 0. The van der Waals surface area contributed by atoms with E-state index in [0.29, 0.717) is 5.41 Å². The Kier molecular flexibility index (Phi) is 4.87. The highest BCUT2D eigenvalue weighted by molar-refractivity contribution is 5.30. The zero-order valence-corrected chi connectivity index (χ0v) is 13.4. The quantitative estimate of drug-likeness (QED) is 0.882. The molecule has 1 fully saturated rings. The Labute approximate surface area is 123 Å². The molecule has 20 heavy (non-hydrogen) atoms. The first-order valence-corrected chi connectivity index (χ1v) is 7.96. The van der Waals surface area contributed by atoms with Crippen molar-refractivity contribution in [2.24, 2.45) is 5.41 Å². The molecule has 1 N–H and O–H groups in total. The van der Waals surface area contributed by atoms with Gasteiger partial charge in [-0.25, -0.2) is 0 Å². The third-order valence-electron chi connectivity index (χ3n) is 5.08. The highest BCUT2D eigenvalue weighted by atomic mass is 16.3. The monoisotopic (exact) mass is 275 g/mol. The molecule has 1 aromatic carbocycles. The van der Waals surface area contributed by atoms with E-state index in [1.165, 1.54) is 30.4 Å². The van der Waals surface area contributed by atoms with Crippen LogP contribution < -0.4 is 0 Å². The Balaban J connectivity index is 2.00. The molecule has 2 heteroatoms. The maximum absolute atomic E-state index is 10.5. The summed E-state index contributed by atoms with van der Waals surface area (Å²) in [5.41, 5.74) is 4.02. The van der Waals surface area contributed by atoms with Crippen molar-refractivity contribution in [3.8, 4) is 0 Å². The molecule has 1 saturated heterocycles. The summed E-state index contributed by atoms with van der Waals surface area (Å²) < 4.78 is 0. The van der Waals surface area contributed by atoms with Crippen LogP contribution in [0.15, 0.2) is 18.2 Å². The fourth-order valence-corrected chi connectivity index (χ4v) is 3.56. The van der Waals surface area contributed by atoms with E-state index in [1.807, 2.05) is 0 Å². The maximum Gasteiger partial charge on any atom is 0.0917 e. The van der Waals surface area contributed by atoms with E-state index >= 15 is 0 Å². The van der Waals surface area contributed by atoms with E-state index in [-0.39, 0.29) is 6.10 Å². The minimum Gasteiger partial charge on any atom is -0.387 e. The zero-order valence-electron chi connectivity index (χ0n) is 13.4. The molecule has 112 valence electrons. The number of hydrogen-bond donors (Lipinski definition) is 1. The predicted molar refractivity (Wildman–Crippen MR) is 84.9 cm³/mol. The minimum atomic E-state index is -0.363. The van der Waals surface area contributed by atoms with Crippen LogP contribution in [0.25, 0.3) is 0 Å². The summed E-state index contributed by atoms with van der Waals surface area (Å²) in [6, 6.07) is 6.38. The first-order valence-electron chi connectivity index (χ1n) is 7.96. The van der Waals surface area contributed by atoms with Crippen LogP contribution in [0.4, 0.5) is 0 Å². The van der Waals surface area contributed by atoms with Gasteiger partial charge in [-0.3, -0.25) is 4.90 Å². The number of likely N-dealkylation sites (tertiary alicyclic amines) is 1. The van der Waals surface area contributed by atoms with Gasteiger partial charge >= 0.3 is 0 Å². The van der Waals surface area contributed by atoms with Crippen molar-refractivity contribution in [3.05, 3.63) is 34.9 Å². The second-order valence-electron chi connectivity index (χ2n) is 6.63. The highest BCUT2D eigenvalue weighted by Crippen LogP contribution is 2.37. The summed E-state index contributed by atoms with van der Waals surface area (Å²) in [7, 11) is 0. The highest BCUT2D eigenvalue weighted by Gasteiger charge is 2.35. The number of β-amino-alcohol motifs (C(OH)–C–C–N with tert-alkyl or cyclic N) is 1. The van der Waals surface area contributed by atoms with Gasteiger partial charge in [-0.1, -0.05) is 43.2 Å². The van der Waals surface area contributed by atoms with Gasteiger partial charge in [0.05, 0.1) is 6.10 Å². The number of benzene rings is 1. The Morgan fingerprint density at radius 1 is 1.15 bits per heavy atom. The molecular formula is C18H29NO. The number of aliphatic hydroxyl groups excluding tert-OH is 1. The van der Waals surface area contributed by atoms with Gasteiger partial charge in [0.2, 0.25) is 0 Å². The summed E-state index contributed by atoms with van der Waals surface area (Å²) in [6.07, 6.45) is 3.41. The third-order valence-corrected chi connectivity index (χ3v) is 5.08. The summed E-state index contributed by atoms with van der Waals surface area (Å²) in [6.45, 7) is 11.8. The SMILES string of the molecule is CCC1(CC)CCN(CC(O)c2cc(C)cc(C)c2)C1. The molecule has 1 aromatic rings. The van der Waals surface area contributed by atoms with Crippen molar-refractivity contribution >= 4 is 0 Å². The van der Waals surface area contributed by atoms with Crippen LogP contribution in [0.1, 0.15) is 55.9 Å². The lowest BCUT2D eigenvalue weighted by molar-refractivity contribution is 0.117. The summed E-state index contributed by atoms with van der Waals surface area (Å²) in [5.74, 6) is 0. The van der Waals surface area contributed by atoms with Crippen LogP contribution in [-0.2, 0) is 0 Å². The Bertz CT molecular complexity index is 430. The smallest absolute Gasteiger partial charge is 0.0917 e. The molecular weight excluding hydrogens is 246 g/mol. The number of nitrogens with zero attached hydrogens (tertiary/aromatic N) is 1. The predicted octanol–water partition coefficient (Wildman–Crippen LogP) is 3.85. The van der Waals surface area contributed by atoms with Gasteiger partial charge < -0.3 is 5.11 Å². The fourth-order valence-electron chi connectivity index (χ4n) is 3.56. The van der Waals surface area contributed by atoms with Crippen LogP contribution in [0, 0.1) is 19.3 Å². The average molecular weight is 275 g/mol. The lowest BCUT2D eigenvalue weighted by Gasteiger charge is -2.27. The summed E-state index contributed by atoms with van der Waals surface area (Å²) in [4.78, 5) is 2.44. The molecule has 0 aromatic heterocycles. The molecule has 1 aliphatic rings. The van der Waals surface area contributed by atoms with Crippen LogP contribution in [-0.4, -0.2) is 29.6 Å².